The number of fused-ring (bicyclic) bond motifs is 1. The summed E-state index contributed by atoms with van der Waals surface area (Å²) in [6.45, 7) is 0.448. The molecule has 1 aliphatic rings. The van der Waals surface area contributed by atoms with E-state index in [0.29, 0.717) is 6.54 Å². The summed E-state index contributed by atoms with van der Waals surface area (Å²) in [5.41, 5.74) is 1.13. The van der Waals surface area contributed by atoms with E-state index in [0.717, 1.165) is 42.1 Å². The molecule has 1 aromatic carbocycles. The highest BCUT2D eigenvalue weighted by molar-refractivity contribution is 5.82. The van der Waals surface area contributed by atoms with Gasteiger partial charge in [-0.1, -0.05) is 37.1 Å². The molecule has 0 atom stereocenters. The maximum absolute atomic E-state index is 12.0. The number of hydrogen-bond acceptors (Lipinski definition) is 3. The summed E-state index contributed by atoms with van der Waals surface area (Å²) >= 11 is 0. The van der Waals surface area contributed by atoms with Gasteiger partial charge >= 0.3 is 0 Å². The number of benzene rings is 1. The minimum Gasteiger partial charge on any atom is -0.389 e. The summed E-state index contributed by atoms with van der Waals surface area (Å²) in [4.78, 5) is 16.4. The van der Waals surface area contributed by atoms with Crippen LogP contribution < -0.4 is 5.32 Å². The minimum absolute atomic E-state index is 0.0904. The van der Waals surface area contributed by atoms with Crippen LogP contribution in [0.4, 0.5) is 0 Å². The Labute approximate surface area is 124 Å². The van der Waals surface area contributed by atoms with Crippen molar-refractivity contribution in [2.75, 3.05) is 0 Å². The fourth-order valence-corrected chi connectivity index (χ4v) is 3.08. The quantitative estimate of drug-likeness (QED) is 0.907. The number of nitrogens with zero attached hydrogens (tertiary/aromatic N) is 1. The molecule has 0 bridgehead atoms. The second-order valence-electron chi connectivity index (χ2n) is 5.88. The largest absolute Gasteiger partial charge is 0.389 e. The normalized spacial score (nSPS) is 17.0. The molecule has 4 nitrogen and oxygen atoms in total. The summed E-state index contributed by atoms with van der Waals surface area (Å²) in [5, 5.41) is 14.2. The molecule has 4 heteroatoms. The lowest BCUT2D eigenvalue weighted by Crippen LogP contribution is -2.34. The smallest absolute Gasteiger partial charge is 0.223 e. The second-order valence-corrected chi connectivity index (χ2v) is 5.88. The standard InChI is InChI=1S/C17H20N2O2/c20-15(11-17(21)8-1-2-9-17)19-12-14-6-3-5-13-7-4-10-18-16(13)14/h3-7,10,21H,1-2,8-9,11-12H2,(H,19,20). The summed E-state index contributed by atoms with van der Waals surface area (Å²) < 4.78 is 0. The van der Waals surface area contributed by atoms with E-state index in [-0.39, 0.29) is 12.3 Å². The van der Waals surface area contributed by atoms with Gasteiger partial charge in [0.2, 0.25) is 5.91 Å². The maximum atomic E-state index is 12.0. The van der Waals surface area contributed by atoms with Crippen molar-refractivity contribution in [3.63, 3.8) is 0 Å². The molecule has 1 aliphatic carbocycles. The van der Waals surface area contributed by atoms with Gasteiger partial charge in [-0.3, -0.25) is 9.78 Å². The lowest BCUT2D eigenvalue weighted by molar-refractivity contribution is -0.126. The highest BCUT2D eigenvalue weighted by atomic mass is 16.3. The number of aliphatic hydroxyl groups is 1. The van der Waals surface area contributed by atoms with Gasteiger partial charge in [0.05, 0.1) is 17.5 Å². The molecule has 0 saturated heterocycles. The molecular formula is C17H20N2O2. The Morgan fingerprint density at radius 2 is 2.00 bits per heavy atom. The van der Waals surface area contributed by atoms with Gasteiger partial charge in [-0.2, -0.15) is 0 Å². The van der Waals surface area contributed by atoms with Crippen molar-refractivity contribution in [3.8, 4) is 0 Å². The second kappa shape index (κ2) is 5.82. The predicted molar refractivity (Wildman–Crippen MR) is 81.6 cm³/mol. The van der Waals surface area contributed by atoms with Crippen LogP contribution in [0.3, 0.4) is 0 Å². The van der Waals surface area contributed by atoms with Gasteiger partial charge < -0.3 is 10.4 Å². The summed E-state index contributed by atoms with van der Waals surface area (Å²) in [5.74, 6) is -0.0904. The van der Waals surface area contributed by atoms with Crippen LogP contribution in [-0.2, 0) is 11.3 Å². The number of para-hydroxylation sites is 1. The predicted octanol–water partition coefficient (Wildman–Crippen LogP) is 2.55. The lowest BCUT2D eigenvalue weighted by atomic mass is 9.97. The number of pyridine rings is 1. The van der Waals surface area contributed by atoms with Gasteiger partial charge in [-0.15, -0.1) is 0 Å². The van der Waals surface area contributed by atoms with E-state index in [9.17, 15) is 9.90 Å². The number of amides is 1. The van der Waals surface area contributed by atoms with Crippen LogP contribution in [0.15, 0.2) is 36.5 Å². The lowest BCUT2D eigenvalue weighted by Gasteiger charge is -2.21. The van der Waals surface area contributed by atoms with Gasteiger partial charge in [0.25, 0.3) is 0 Å². The molecule has 1 fully saturated rings. The Balaban J connectivity index is 1.65. The molecule has 21 heavy (non-hydrogen) atoms. The summed E-state index contributed by atoms with van der Waals surface area (Å²) in [6, 6.07) is 9.86. The number of nitrogens with one attached hydrogen (secondary N) is 1. The Morgan fingerprint density at radius 3 is 2.81 bits per heavy atom. The Kier molecular flexibility index (Phi) is 3.88. The van der Waals surface area contributed by atoms with Crippen LogP contribution in [0, 0.1) is 0 Å². The Morgan fingerprint density at radius 1 is 1.24 bits per heavy atom. The molecule has 3 rings (SSSR count). The van der Waals surface area contributed by atoms with E-state index in [2.05, 4.69) is 10.3 Å². The number of carbonyl (C=O) groups is 1. The minimum atomic E-state index is -0.791. The molecule has 1 saturated carbocycles. The van der Waals surface area contributed by atoms with Crippen molar-refractivity contribution in [2.45, 2.75) is 44.2 Å². The molecule has 2 N–H and O–H groups in total. The molecule has 0 spiro atoms. The maximum Gasteiger partial charge on any atom is 0.223 e. The van der Waals surface area contributed by atoms with E-state index in [1.165, 1.54) is 0 Å². The van der Waals surface area contributed by atoms with Gasteiger partial charge in [0.1, 0.15) is 0 Å². The van der Waals surface area contributed by atoms with Gasteiger partial charge in [-0.05, 0) is 24.5 Å². The number of rotatable bonds is 4. The van der Waals surface area contributed by atoms with Crippen molar-refractivity contribution in [2.24, 2.45) is 0 Å². The van der Waals surface area contributed by atoms with Crippen molar-refractivity contribution >= 4 is 16.8 Å². The summed E-state index contributed by atoms with van der Waals surface area (Å²) in [7, 11) is 0. The SMILES string of the molecule is O=C(CC1(O)CCCC1)NCc1cccc2cccnc12. The first-order valence-electron chi connectivity index (χ1n) is 7.48. The van der Waals surface area contributed by atoms with Crippen LogP contribution in [0.25, 0.3) is 10.9 Å². The zero-order valence-corrected chi connectivity index (χ0v) is 12.0. The van der Waals surface area contributed by atoms with Gasteiger partial charge in [0, 0.05) is 18.1 Å². The monoisotopic (exact) mass is 284 g/mol. The average Bonchev–Trinajstić information content (AvgIpc) is 2.91. The van der Waals surface area contributed by atoms with Crippen molar-refractivity contribution in [1.29, 1.82) is 0 Å². The molecule has 110 valence electrons. The molecule has 1 heterocycles. The molecule has 0 aliphatic heterocycles. The Hall–Kier alpha value is -1.94. The molecular weight excluding hydrogens is 264 g/mol. The number of carbonyl (C=O) groups excluding carboxylic acids is 1. The van der Waals surface area contributed by atoms with Crippen molar-refractivity contribution < 1.29 is 9.90 Å². The van der Waals surface area contributed by atoms with Gasteiger partial charge in [0.15, 0.2) is 0 Å². The molecule has 0 radical (unpaired) electrons. The molecule has 0 unspecified atom stereocenters. The Bertz CT molecular complexity index is 643. The molecule has 2 aromatic rings. The van der Waals surface area contributed by atoms with Crippen LogP contribution in [-0.4, -0.2) is 21.6 Å². The molecule has 1 amide bonds. The zero-order valence-electron chi connectivity index (χ0n) is 12.0. The van der Waals surface area contributed by atoms with E-state index >= 15 is 0 Å². The van der Waals surface area contributed by atoms with E-state index < -0.39 is 5.60 Å². The van der Waals surface area contributed by atoms with E-state index in [1.54, 1.807) is 6.20 Å². The van der Waals surface area contributed by atoms with Gasteiger partial charge in [-0.25, -0.2) is 0 Å². The number of aromatic nitrogens is 1. The van der Waals surface area contributed by atoms with Crippen LogP contribution in [0.1, 0.15) is 37.7 Å². The fraction of sp³-hybridized carbons (Fsp3) is 0.412. The number of hydrogen-bond donors (Lipinski definition) is 2. The summed E-state index contributed by atoms with van der Waals surface area (Å²) in [6.07, 6.45) is 5.45. The first-order valence-corrected chi connectivity index (χ1v) is 7.48. The first-order chi connectivity index (χ1) is 10.2. The third kappa shape index (κ3) is 3.22. The first kappa shape index (κ1) is 14.0. The third-order valence-corrected chi connectivity index (χ3v) is 4.22. The van der Waals surface area contributed by atoms with Crippen molar-refractivity contribution in [3.05, 3.63) is 42.1 Å². The average molecular weight is 284 g/mol. The van der Waals surface area contributed by atoms with Crippen LogP contribution in [0.5, 0.6) is 0 Å². The fourth-order valence-electron chi connectivity index (χ4n) is 3.08. The van der Waals surface area contributed by atoms with Crippen molar-refractivity contribution in [1.82, 2.24) is 10.3 Å². The molecule has 1 aromatic heterocycles. The van der Waals surface area contributed by atoms with Crippen LogP contribution >= 0.6 is 0 Å². The highest BCUT2D eigenvalue weighted by Crippen LogP contribution is 2.32. The zero-order chi connectivity index (χ0) is 14.7. The van der Waals surface area contributed by atoms with Crippen LogP contribution in [0.2, 0.25) is 0 Å². The third-order valence-electron chi connectivity index (χ3n) is 4.22. The van der Waals surface area contributed by atoms with E-state index in [1.807, 2.05) is 30.3 Å². The highest BCUT2D eigenvalue weighted by Gasteiger charge is 2.33. The van der Waals surface area contributed by atoms with E-state index in [4.69, 9.17) is 0 Å². The topological polar surface area (TPSA) is 62.2 Å².